The fourth-order valence-corrected chi connectivity index (χ4v) is 4.88. The zero-order valence-corrected chi connectivity index (χ0v) is 21.2. The van der Waals surface area contributed by atoms with Crippen molar-refractivity contribution >= 4 is 29.2 Å². The highest BCUT2D eigenvalue weighted by atomic mass is 35.5. The van der Waals surface area contributed by atoms with Crippen molar-refractivity contribution in [3.8, 4) is 5.75 Å². The number of para-hydroxylation sites is 1. The molecule has 184 valence electrons. The van der Waals surface area contributed by atoms with Crippen LogP contribution in [-0.4, -0.2) is 60.9 Å². The van der Waals surface area contributed by atoms with Gasteiger partial charge in [0.05, 0.1) is 12.1 Å². The van der Waals surface area contributed by atoms with Crippen LogP contribution in [-0.2, 0) is 11.3 Å². The first-order valence-electron chi connectivity index (χ1n) is 12.4. The van der Waals surface area contributed by atoms with Crippen LogP contribution in [0.5, 0.6) is 5.75 Å². The van der Waals surface area contributed by atoms with Gasteiger partial charge in [0.2, 0.25) is 0 Å². The Hall–Kier alpha value is -1.76. The number of carbonyl (C=O) groups excluding carboxylic acids is 1. The zero-order valence-electron chi connectivity index (χ0n) is 20.3. The molecule has 6 nitrogen and oxygen atoms in total. The predicted octanol–water partition coefficient (Wildman–Crippen LogP) is 4.88. The van der Waals surface area contributed by atoms with Crippen LogP contribution < -0.4 is 10.1 Å². The van der Waals surface area contributed by atoms with E-state index in [1.54, 1.807) is 7.11 Å². The number of hydrogen-bond donors (Lipinski definition) is 1. The molecule has 0 unspecified atom stereocenters. The number of benzene rings is 1. The highest BCUT2D eigenvalue weighted by Crippen LogP contribution is 2.38. The normalized spacial score (nSPS) is 18.4. The summed E-state index contributed by atoms with van der Waals surface area (Å²) >= 11 is 0. The molecule has 1 aromatic carbocycles. The number of nitrogens with one attached hydrogen (secondary N) is 1. The van der Waals surface area contributed by atoms with Crippen LogP contribution in [0.4, 0.5) is 0 Å². The van der Waals surface area contributed by atoms with Gasteiger partial charge in [-0.05, 0) is 77.0 Å². The van der Waals surface area contributed by atoms with Gasteiger partial charge < -0.3 is 24.3 Å². The minimum Gasteiger partial charge on any atom is -0.490 e. The first-order chi connectivity index (χ1) is 15.6. The van der Waals surface area contributed by atoms with Crippen LogP contribution in [0.15, 0.2) is 24.3 Å². The van der Waals surface area contributed by atoms with Gasteiger partial charge in [0.1, 0.15) is 0 Å². The number of piperidine rings is 1. The van der Waals surface area contributed by atoms with Gasteiger partial charge in [-0.1, -0.05) is 12.1 Å². The van der Waals surface area contributed by atoms with Crippen molar-refractivity contribution in [1.29, 1.82) is 0 Å². The van der Waals surface area contributed by atoms with Crippen molar-refractivity contribution in [2.75, 3.05) is 33.4 Å². The maximum absolute atomic E-state index is 14.2. The zero-order chi connectivity index (χ0) is 22.5. The molecule has 1 saturated carbocycles. The molecule has 0 spiro atoms. The fraction of sp³-hybridized carbons (Fsp3) is 0.654. The highest BCUT2D eigenvalue weighted by molar-refractivity contribution is 6.04. The lowest BCUT2D eigenvalue weighted by Crippen LogP contribution is -2.52. The Morgan fingerprint density at radius 3 is 2.67 bits per heavy atom. The number of aryl methyl sites for hydroxylation is 1. The van der Waals surface area contributed by atoms with Crippen molar-refractivity contribution in [3.63, 3.8) is 0 Å². The molecule has 0 bridgehead atoms. The third-order valence-corrected chi connectivity index (χ3v) is 6.72. The van der Waals surface area contributed by atoms with E-state index in [0.29, 0.717) is 12.5 Å². The van der Waals surface area contributed by atoms with Gasteiger partial charge in [-0.25, -0.2) is 0 Å². The number of unbranched alkanes of at least 4 members (excludes halogenated alkanes) is 1. The monoisotopic (exact) mass is 477 g/mol. The first kappa shape index (κ1) is 25.9. The topological polar surface area (TPSA) is 55.7 Å². The molecule has 0 radical (unpaired) electrons. The molecule has 1 aromatic heterocycles. The minimum atomic E-state index is 0. The van der Waals surface area contributed by atoms with Gasteiger partial charge in [-0.15, -0.1) is 12.4 Å². The van der Waals surface area contributed by atoms with Crippen molar-refractivity contribution in [3.05, 3.63) is 30.0 Å². The minimum absolute atomic E-state index is 0. The molecular weight excluding hydrogens is 438 g/mol. The second-order valence-electron chi connectivity index (χ2n) is 9.61. The Kier molecular flexibility index (Phi) is 9.47. The lowest BCUT2D eigenvalue weighted by Gasteiger charge is -2.38. The van der Waals surface area contributed by atoms with Crippen molar-refractivity contribution in [2.24, 2.45) is 5.92 Å². The number of rotatable bonds is 11. The van der Waals surface area contributed by atoms with E-state index in [9.17, 15) is 4.79 Å². The summed E-state index contributed by atoms with van der Waals surface area (Å²) in [6, 6.07) is 8.66. The van der Waals surface area contributed by atoms with Crippen LogP contribution in [0.1, 0.15) is 62.9 Å². The highest BCUT2D eigenvalue weighted by Gasteiger charge is 2.34. The molecule has 2 heterocycles. The second-order valence-corrected chi connectivity index (χ2v) is 9.61. The molecule has 1 saturated heterocycles. The van der Waals surface area contributed by atoms with E-state index in [0.717, 1.165) is 74.3 Å². The lowest BCUT2D eigenvalue weighted by molar-refractivity contribution is 0.0557. The number of carbonyl (C=O) groups is 1. The van der Waals surface area contributed by atoms with Crippen LogP contribution in [0.25, 0.3) is 10.9 Å². The molecule has 4 rings (SSSR count). The van der Waals surface area contributed by atoms with E-state index in [2.05, 4.69) is 46.8 Å². The second kappa shape index (κ2) is 12.1. The average Bonchev–Trinajstić information content (AvgIpc) is 3.57. The summed E-state index contributed by atoms with van der Waals surface area (Å²) in [4.78, 5) is 16.3. The molecule has 2 aromatic rings. The molecule has 2 fully saturated rings. The van der Waals surface area contributed by atoms with Crippen LogP contribution in [0.3, 0.4) is 0 Å². The Labute approximate surface area is 204 Å². The van der Waals surface area contributed by atoms with Crippen molar-refractivity contribution < 1.29 is 14.3 Å². The van der Waals surface area contributed by atoms with E-state index < -0.39 is 0 Å². The van der Waals surface area contributed by atoms with Gasteiger partial charge >= 0.3 is 0 Å². The van der Waals surface area contributed by atoms with E-state index in [1.807, 2.05) is 6.07 Å². The quantitative estimate of drug-likeness (QED) is 0.468. The Morgan fingerprint density at radius 2 is 2.00 bits per heavy atom. The largest absolute Gasteiger partial charge is 0.490 e. The lowest BCUT2D eigenvalue weighted by atomic mass is 10.0. The summed E-state index contributed by atoms with van der Waals surface area (Å²) in [6.07, 6.45) is 6.53. The van der Waals surface area contributed by atoms with Gasteiger partial charge in [-0.3, -0.25) is 4.79 Å². The van der Waals surface area contributed by atoms with Crippen molar-refractivity contribution in [2.45, 2.75) is 71.0 Å². The van der Waals surface area contributed by atoms with Crippen LogP contribution in [0, 0.1) is 5.92 Å². The molecular formula is C26H40ClN3O3. The molecule has 1 aliphatic carbocycles. The number of halogens is 1. The van der Waals surface area contributed by atoms with Gasteiger partial charge in [-0.2, -0.15) is 0 Å². The molecule has 1 amide bonds. The van der Waals surface area contributed by atoms with Crippen molar-refractivity contribution in [1.82, 2.24) is 14.8 Å². The third kappa shape index (κ3) is 6.03. The van der Waals surface area contributed by atoms with E-state index in [1.165, 1.54) is 12.8 Å². The van der Waals surface area contributed by atoms with Crippen LogP contribution in [0.2, 0.25) is 0 Å². The number of ether oxygens (including phenoxy) is 2. The number of nitrogens with zero attached hydrogens (tertiary/aromatic N) is 2. The molecule has 1 atom stereocenters. The number of hydrogen-bond acceptors (Lipinski definition) is 4. The van der Waals surface area contributed by atoms with Gasteiger partial charge in [0.15, 0.2) is 11.4 Å². The van der Waals surface area contributed by atoms with E-state index in [4.69, 9.17) is 9.47 Å². The number of methoxy groups -OCH3 is 1. The maximum atomic E-state index is 14.2. The maximum Gasteiger partial charge on any atom is 0.274 e. The third-order valence-electron chi connectivity index (χ3n) is 6.72. The number of aromatic nitrogens is 1. The molecule has 7 heteroatoms. The molecule has 33 heavy (non-hydrogen) atoms. The summed E-state index contributed by atoms with van der Waals surface area (Å²) in [5, 5.41) is 4.53. The van der Waals surface area contributed by atoms with Gasteiger partial charge in [0.25, 0.3) is 5.91 Å². The van der Waals surface area contributed by atoms with Crippen LogP contribution >= 0.6 is 12.4 Å². The predicted molar refractivity (Wildman–Crippen MR) is 136 cm³/mol. The molecule has 1 N–H and O–H groups in total. The Balaban J connectivity index is 0.00000306. The average molecular weight is 478 g/mol. The number of amides is 1. The van der Waals surface area contributed by atoms with Gasteiger partial charge in [0, 0.05) is 44.3 Å². The standard InChI is InChI=1S/C26H39N3O3.ClH/c1-19(2)29(21-9-8-14-27-17-21)26(30)24-25(32-18-20-12-13-20)22-10-4-5-11-23(22)28(24)15-6-7-16-31-3;/h4-5,10-11,19-21,27H,6-9,12-18H2,1-3H3;1H/t21-;/m1./s1. The summed E-state index contributed by atoms with van der Waals surface area (Å²) in [6.45, 7) is 8.37. The Bertz CT molecular complexity index is 904. The summed E-state index contributed by atoms with van der Waals surface area (Å²) in [7, 11) is 1.74. The summed E-state index contributed by atoms with van der Waals surface area (Å²) < 4.78 is 13.9. The Morgan fingerprint density at radius 1 is 1.21 bits per heavy atom. The van der Waals surface area contributed by atoms with E-state index in [-0.39, 0.29) is 30.4 Å². The molecule has 2 aliphatic rings. The smallest absolute Gasteiger partial charge is 0.274 e. The summed E-state index contributed by atoms with van der Waals surface area (Å²) in [5.74, 6) is 1.51. The molecule has 1 aliphatic heterocycles. The SMILES string of the molecule is COCCCCn1c(C(=O)N(C(C)C)[C@@H]2CCCNC2)c(OCC2CC2)c2ccccc21.Cl. The fourth-order valence-electron chi connectivity index (χ4n) is 4.88. The number of fused-ring (bicyclic) bond motifs is 1. The van der Waals surface area contributed by atoms with E-state index >= 15 is 0 Å². The first-order valence-corrected chi connectivity index (χ1v) is 12.4. The summed E-state index contributed by atoms with van der Waals surface area (Å²) in [5.41, 5.74) is 1.81.